The molecule has 1 aliphatic rings. The lowest BCUT2D eigenvalue weighted by Crippen LogP contribution is -2.10. The van der Waals surface area contributed by atoms with Gasteiger partial charge in [-0.3, -0.25) is 0 Å². The van der Waals surface area contributed by atoms with E-state index in [-0.39, 0.29) is 33.6 Å². The summed E-state index contributed by atoms with van der Waals surface area (Å²) in [5, 5.41) is 9.62. The van der Waals surface area contributed by atoms with Crippen LogP contribution < -0.4 is 10.5 Å². The fourth-order valence-corrected chi connectivity index (χ4v) is 3.80. The zero-order chi connectivity index (χ0) is 15.0. The average molecular weight is 303 g/mol. The summed E-state index contributed by atoms with van der Waals surface area (Å²) in [5.41, 5.74) is 6.53. The van der Waals surface area contributed by atoms with Crippen molar-refractivity contribution in [3.05, 3.63) is 52.9 Å². The first-order valence-corrected chi connectivity index (χ1v) is 7.73. The van der Waals surface area contributed by atoms with Crippen LogP contribution in [0.4, 0.5) is 5.69 Å². The number of nitrogens with two attached hydrogens (primary N) is 1. The second kappa shape index (κ2) is 4.82. The monoisotopic (exact) mass is 303 g/mol. The van der Waals surface area contributed by atoms with Crippen LogP contribution in [0.25, 0.3) is 6.08 Å². The highest BCUT2D eigenvalue weighted by atomic mass is 32.2. The van der Waals surface area contributed by atoms with Gasteiger partial charge in [-0.1, -0.05) is 24.3 Å². The highest BCUT2D eigenvalue weighted by molar-refractivity contribution is 7.96. The van der Waals surface area contributed by atoms with Gasteiger partial charge in [-0.2, -0.15) is 0 Å². The minimum atomic E-state index is -3.63. The molecule has 6 heteroatoms. The molecule has 3 N–H and O–H groups in total. The Bertz CT molecular complexity index is 841. The molecule has 0 unspecified atom stereocenters. The summed E-state index contributed by atoms with van der Waals surface area (Å²) in [6.45, 7) is -0.159. The molecule has 0 atom stereocenters. The third-order valence-corrected chi connectivity index (χ3v) is 5.18. The molecule has 1 heterocycles. The number of sulfone groups is 1. The molecule has 0 saturated carbocycles. The van der Waals surface area contributed by atoms with Crippen LogP contribution in [0.1, 0.15) is 5.56 Å². The number of ether oxygens (including phenoxy) is 1. The summed E-state index contributed by atoms with van der Waals surface area (Å²) in [4.78, 5) is 0.250. The van der Waals surface area contributed by atoms with Gasteiger partial charge in [0.05, 0.1) is 10.6 Å². The van der Waals surface area contributed by atoms with E-state index in [9.17, 15) is 13.5 Å². The summed E-state index contributed by atoms with van der Waals surface area (Å²) in [6.07, 6.45) is 1.54. The molecule has 21 heavy (non-hydrogen) atoms. The van der Waals surface area contributed by atoms with Crippen LogP contribution in [0.5, 0.6) is 11.5 Å². The molecule has 0 aliphatic carbocycles. The molecule has 1 aliphatic heterocycles. The molecular formula is C15H13NO4S. The van der Waals surface area contributed by atoms with Crippen LogP contribution in [0.3, 0.4) is 0 Å². The van der Waals surface area contributed by atoms with Crippen molar-refractivity contribution in [3.8, 4) is 11.5 Å². The topological polar surface area (TPSA) is 89.6 Å². The molecule has 108 valence electrons. The van der Waals surface area contributed by atoms with Crippen molar-refractivity contribution in [1.29, 1.82) is 0 Å². The van der Waals surface area contributed by atoms with E-state index in [1.165, 1.54) is 6.07 Å². The zero-order valence-electron chi connectivity index (χ0n) is 11.0. The highest BCUT2D eigenvalue weighted by Crippen LogP contribution is 2.37. The van der Waals surface area contributed by atoms with Gasteiger partial charge < -0.3 is 15.6 Å². The summed E-state index contributed by atoms with van der Waals surface area (Å²) >= 11 is 0. The fraction of sp³-hybridized carbons (Fsp3) is 0.0667. The standard InChI is InChI=1S/C15H13NO4S/c16-12-5-3-4-10-8-11(21(18,19)15(10)12)9-20-14-7-2-1-6-13(14)17/h1-8,17H,9,16H2. The molecule has 2 aromatic rings. The van der Waals surface area contributed by atoms with Crippen LogP contribution in [-0.4, -0.2) is 20.1 Å². The normalized spacial score (nSPS) is 15.3. The van der Waals surface area contributed by atoms with Crippen LogP contribution in [-0.2, 0) is 9.84 Å². The summed E-state index contributed by atoms with van der Waals surface area (Å²) in [5.74, 6) is 0.197. The number of hydrogen-bond donors (Lipinski definition) is 2. The molecule has 0 spiro atoms. The first-order valence-electron chi connectivity index (χ1n) is 6.25. The SMILES string of the molecule is Nc1cccc2c1S(=O)(=O)C(COc1ccccc1O)=C2. The molecule has 0 fully saturated rings. The number of rotatable bonds is 3. The molecule has 0 aromatic heterocycles. The largest absolute Gasteiger partial charge is 0.504 e. The zero-order valence-corrected chi connectivity index (χ0v) is 11.8. The van der Waals surface area contributed by atoms with Crippen LogP contribution in [0, 0.1) is 0 Å². The van der Waals surface area contributed by atoms with E-state index in [2.05, 4.69) is 0 Å². The molecule has 0 saturated heterocycles. The predicted molar refractivity (Wildman–Crippen MR) is 79.6 cm³/mol. The van der Waals surface area contributed by atoms with Gasteiger partial charge >= 0.3 is 0 Å². The van der Waals surface area contributed by atoms with Crippen molar-refractivity contribution in [1.82, 2.24) is 0 Å². The Balaban J connectivity index is 1.89. The van der Waals surface area contributed by atoms with Crippen LogP contribution >= 0.6 is 0 Å². The lowest BCUT2D eigenvalue weighted by molar-refractivity contribution is 0.333. The minimum absolute atomic E-state index is 0.0366. The van der Waals surface area contributed by atoms with Crippen LogP contribution in [0.15, 0.2) is 52.3 Å². The lowest BCUT2D eigenvalue weighted by Gasteiger charge is -2.09. The van der Waals surface area contributed by atoms with Crippen molar-refractivity contribution in [3.63, 3.8) is 0 Å². The predicted octanol–water partition coefficient (Wildman–Crippen LogP) is 2.18. The number of hydrogen-bond acceptors (Lipinski definition) is 5. The number of phenols is 1. The second-order valence-electron chi connectivity index (χ2n) is 4.64. The Morgan fingerprint density at radius 2 is 1.86 bits per heavy atom. The van der Waals surface area contributed by atoms with Gasteiger partial charge in [0.25, 0.3) is 0 Å². The van der Waals surface area contributed by atoms with E-state index in [0.717, 1.165) is 0 Å². The van der Waals surface area contributed by atoms with Crippen molar-refractivity contribution in [2.24, 2.45) is 0 Å². The summed E-state index contributed by atoms with van der Waals surface area (Å²) in [7, 11) is -3.63. The molecule has 0 radical (unpaired) electrons. The Labute approximate surface area is 122 Å². The van der Waals surface area contributed by atoms with Crippen molar-refractivity contribution in [2.75, 3.05) is 12.3 Å². The molecule has 0 bridgehead atoms. The van der Waals surface area contributed by atoms with Crippen LogP contribution in [0.2, 0.25) is 0 Å². The number of para-hydroxylation sites is 2. The van der Waals surface area contributed by atoms with Gasteiger partial charge in [0.15, 0.2) is 11.5 Å². The third-order valence-electron chi connectivity index (χ3n) is 3.24. The van der Waals surface area contributed by atoms with Gasteiger partial charge in [0, 0.05) is 0 Å². The number of fused-ring (bicyclic) bond motifs is 1. The van der Waals surface area contributed by atoms with Gasteiger partial charge in [0.1, 0.15) is 11.5 Å². The number of benzene rings is 2. The van der Waals surface area contributed by atoms with E-state index in [1.807, 2.05) is 0 Å². The quantitative estimate of drug-likeness (QED) is 0.848. The van der Waals surface area contributed by atoms with Crippen molar-refractivity contribution in [2.45, 2.75) is 4.90 Å². The van der Waals surface area contributed by atoms with Gasteiger partial charge in [0.2, 0.25) is 9.84 Å². The molecular weight excluding hydrogens is 290 g/mol. The second-order valence-corrected chi connectivity index (χ2v) is 6.58. The number of phenolic OH excluding ortho intramolecular Hbond substituents is 1. The Morgan fingerprint density at radius 1 is 1.10 bits per heavy atom. The molecule has 0 amide bonds. The maximum atomic E-state index is 12.4. The van der Waals surface area contributed by atoms with Crippen molar-refractivity contribution < 1.29 is 18.3 Å². The average Bonchev–Trinajstić information content (AvgIpc) is 2.70. The molecule has 2 aromatic carbocycles. The van der Waals surface area contributed by atoms with Crippen molar-refractivity contribution >= 4 is 21.6 Å². The van der Waals surface area contributed by atoms with Gasteiger partial charge in [-0.15, -0.1) is 0 Å². The van der Waals surface area contributed by atoms with E-state index in [1.54, 1.807) is 42.5 Å². The Hall–Kier alpha value is -2.47. The van der Waals surface area contributed by atoms with E-state index < -0.39 is 9.84 Å². The fourth-order valence-electron chi connectivity index (χ4n) is 2.23. The van der Waals surface area contributed by atoms with E-state index in [0.29, 0.717) is 5.56 Å². The Morgan fingerprint density at radius 3 is 2.57 bits per heavy atom. The maximum absolute atomic E-state index is 12.4. The summed E-state index contributed by atoms with van der Waals surface area (Å²) < 4.78 is 30.2. The first-order chi connectivity index (χ1) is 10.00. The first kappa shape index (κ1) is 13.5. The molecule has 3 rings (SSSR count). The molecule has 5 nitrogen and oxygen atoms in total. The number of anilines is 1. The number of aromatic hydroxyl groups is 1. The maximum Gasteiger partial charge on any atom is 0.208 e. The van der Waals surface area contributed by atoms with Gasteiger partial charge in [-0.05, 0) is 29.8 Å². The summed E-state index contributed by atoms with van der Waals surface area (Å²) in [6, 6.07) is 11.3. The highest BCUT2D eigenvalue weighted by Gasteiger charge is 2.31. The smallest absolute Gasteiger partial charge is 0.208 e. The van der Waals surface area contributed by atoms with E-state index >= 15 is 0 Å². The lowest BCUT2D eigenvalue weighted by atomic mass is 10.2. The third kappa shape index (κ3) is 2.23. The van der Waals surface area contributed by atoms with E-state index in [4.69, 9.17) is 10.5 Å². The minimum Gasteiger partial charge on any atom is -0.504 e. The Kier molecular flexibility index (Phi) is 3.10. The van der Waals surface area contributed by atoms with Gasteiger partial charge in [-0.25, -0.2) is 8.42 Å². The number of nitrogen functional groups attached to an aromatic ring is 1.